The molecule has 0 heterocycles. The Morgan fingerprint density at radius 3 is 1.68 bits per heavy atom. The largest absolute Gasteiger partial charge is 0.495 e. The van der Waals surface area contributed by atoms with E-state index in [0.717, 1.165) is 33.0 Å². The molecule has 0 aliphatic rings. The van der Waals surface area contributed by atoms with Crippen molar-refractivity contribution in [3.63, 3.8) is 0 Å². The molecular weight excluding hydrogens is 396 g/mol. The molecule has 0 unspecified atom stereocenters. The number of fused-ring (bicyclic) bond motifs is 2. The molecule has 31 heavy (non-hydrogen) atoms. The van der Waals surface area contributed by atoms with Crippen LogP contribution in [0.15, 0.2) is 60.7 Å². The van der Waals surface area contributed by atoms with Crippen LogP contribution in [0, 0.1) is 0 Å². The fourth-order valence-electron chi connectivity index (χ4n) is 3.26. The Morgan fingerprint density at radius 2 is 1.19 bits per heavy atom. The van der Waals surface area contributed by atoms with Crippen LogP contribution in [-0.2, 0) is 19.0 Å². The number of rotatable bonds is 12. The number of esters is 1. The minimum absolute atomic E-state index is 0.201. The van der Waals surface area contributed by atoms with Crippen molar-refractivity contribution in [2.45, 2.75) is 6.92 Å². The van der Waals surface area contributed by atoms with Gasteiger partial charge in [-0.15, -0.1) is 0 Å². The molecule has 0 fully saturated rings. The molecular formula is C25H28O6. The van der Waals surface area contributed by atoms with Gasteiger partial charge < -0.3 is 23.7 Å². The molecule has 0 spiro atoms. The summed E-state index contributed by atoms with van der Waals surface area (Å²) >= 11 is 0. The molecule has 0 aromatic heterocycles. The van der Waals surface area contributed by atoms with E-state index in [1.54, 1.807) is 14.0 Å². The highest BCUT2D eigenvalue weighted by molar-refractivity contribution is 6.11. The van der Waals surface area contributed by atoms with E-state index in [1.807, 2.05) is 48.5 Å². The van der Waals surface area contributed by atoms with Gasteiger partial charge in [-0.3, -0.25) is 0 Å². The lowest BCUT2D eigenvalue weighted by atomic mass is 10.0. The zero-order chi connectivity index (χ0) is 22.1. The van der Waals surface area contributed by atoms with Crippen molar-refractivity contribution in [2.75, 3.05) is 46.8 Å². The molecule has 0 aliphatic heterocycles. The molecule has 3 aromatic rings. The third-order valence-corrected chi connectivity index (χ3v) is 4.69. The van der Waals surface area contributed by atoms with Crippen LogP contribution in [0.3, 0.4) is 0 Å². The average molecular weight is 424 g/mol. The van der Waals surface area contributed by atoms with E-state index in [1.165, 1.54) is 0 Å². The topological polar surface area (TPSA) is 63.2 Å². The second-order valence-corrected chi connectivity index (χ2v) is 6.94. The van der Waals surface area contributed by atoms with Crippen molar-refractivity contribution in [3.05, 3.63) is 60.7 Å². The summed E-state index contributed by atoms with van der Waals surface area (Å²) in [5, 5.41) is 4.04. The van der Waals surface area contributed by atoms with Gasteiger partial charge in [0.15, 0.2) is 0 Å². The molecule has 6 nitrogen and oxygen atoms in total. The van der Waals surface area contributed by atoms with E-state index in [-0.39, 0.29) is 6.61 Å². The van der Waals surface area contributed by atoms with Crippen molar-refractivity contribution in [1.29, 1.82) is 0 Å². The molecule has 0 radical (unpaired) electrons. The van der Waals surface area contributed by atoms with Gasteiger partial charge in [0.1, 0.15) is 24.7 Å². The molecule has 0 atom stereocenters. The fourth-order valence-corrected chi connectivity index (χ4v) is 3.26. The third kappa shape index (κ3) is 5.75. The van der Waals surface area contributed by atoms with Gasteiger partial charge in [0.25, 0.3) is 0 Å². The van der Waals surface area contributed by atoms with Crippen molar-refractivity contribution < 1.29 is 28.5 Å². The quantitative estimate of drug-likeness (QED) is 0.184. The zero-order valence-electron chi connectivity index (χ0n) is 18.0. The van der Waals surface area contributed by atoms with Crippen LogP contribution < -0.4 is 9.47 Å². The first-order valence-electron chi connectivity index (χ1n) is 10.2. The number of carbonyl (C=O) groups is 1. The van der Waals surface area contributed by atoms with Crippen LogP contribution in [0.1, 0.15) is 6.92 Å². The van der Waals surface area contributed by atoms with Gasteiger partial charge in [-0.25, -0.2) is 4.79 Å². The van der Waals surface area contributed by atoms with Crippen LogP contribution in [0.4, 0.5) is 0 Å². The predicted molar refractivity (Wildman–Crippen MR) is 121 cm³/mol. The Morgan fingerprint density at radius 1 is 0.742 bits per heavy atom. The summed E-state index contributed by atoms with van der Waals surface area (Å²) in [6.45, 7) is 7.35. The van der Waals surface area contributed by atoms with Crippen molar-refractivity contribution >= 4 is 27.5 Å². The van der Waals surface area contributed by atoms with Crippen LogP contribution in [0.5, 0.6) is 11.5 Å². The number of hydrogen-bond donors (Lipinski definition) is 0. The Kier molecular flexibility index (Phi) is 8.27. The molecule has 0 N–H and O–H groups in total. The molecule has 3 rings (SSSR count). The van der Waals surface area contributed by atoms with Crippen LogP contribution in [0.2, 0.25) is 0 Å². The highest BCUT2D eigenvalue weighted by Crippen LogP contribution is 2.42. The molecule has 0 amide bonds. The van der Waals surface area contributed by atoms with Gasteiger partial charge in [-0.05, 0) is 6.92 Å². The summed E-state index contributed by atoms with van der Waals surface area (Å²) in [5.41, 5.74) is 0.376. The molecule has 0 saturated heterocycles. The van der Waals surface area contributed by atoms with E-state index in [4.69, 9.17) is 23.7 Å². The first kappa shape index (κ1) is 22.6. The second kappa shape index (κ2) is 11.3. The van der Waals surface area contributed by atoms with Gasteiger partial charge in [0, 0.05) is 27.1 Å². The SMILES string of the molecule is C=C(C)C(=O)OCCOCCOCCOc1c2ccccc2c(OC)c2ccccc12. The summed E-state index contributed by atoms with van der Waals surface area (Å²) < 4.78 is 27.8. The van der Waals surface area contributed by atoms with Gasteiger partial charge in [0.2, 0.25) is 0 Å². The van der Waals surface area contributed by atoms with Crippen LogP contribution in [0.25, 0.3) is 21.5 Å². The monoisotopic (exact) mass is 424 g/mol. The fraction of sp³-hybridized carbons (Fsp3) is 0.320. The van der Waals surface area contributed by atoms with E-state index >= 15 is 0 Å². The minimum Gasteiger partial charge on any atom is -0.495 e. The molecule has 3 aromatic carbocycles. The summed E-state index contributed by atoms with van der Waals surface area (Å²) in [6, 6.07) is 16.1. The average Bonchev–Trinajstić information content (AvgIpc) is 2.79. The molecule has 164 valence electrons. The highest BCUT2D eigenvalue weighted by atomic mass is 16.6. The number of carbonyl (C=O) groups excluding carboxylic acids is 1. The first-order valence-corrected chi connectivity index (χ1v) is 10.2. The Bertz CT molecular complexity index is 986. The number of hydrogen-bond acceptors (Lipinski definition) is 6. The first-order chi connectivity index (χ1) is 15.1. The van der Waals surface area contributed by atoms with Crippen molar-refractivity contribution in [3.8, 4) is 11.5 Å². The molecule has 0 saturated carbocycles. The summed E-state index contributed by atoms with van der Waals surface area (Å²) in [6.07, 6.45) is 0. The number of ether oxygens (including phenoxy) is 5. The maximum absolute atomic E-state index is 11.2. The Balaban J connectivity index is 1.49. The molecule has 0 aliphatic carbocycles. The maximum atomic E-state index is 11.2. The maximum Gasteiger partial charge on any atom is 0.333 e. The van der Waals surface area contributed by atoms with E-state index in [9.17, 15) is 4.79 Å². The van der Waals surface area contributed by atoms with Crippen molar-refractivity contribution in [2.24, 2.45) is 0 Å². The lowest BCUT2D eigenvalue weighted by Gasteiger charge is -2.16. The van der Waals surface area contributed by atoms with Gasteiger partial charge in [-0.2, -0.15) is 0 Å². The number of methoxy groups -OCH3 is 1. The Hall–Kier alpha value is -3.09. The highest BCUT2D eigenvalue weighted by Gasteiger charge is 2.14. The standard InChI is InChI=1S/C25H28O6/c1-18(2)25(26)31-17-15-29-13-12-28-14-16-30-24-21-10-6-4-8-19(21)23(27-3)20-9-5-7-11-22(20)24/h4-11H,1,12-17H2,2-3H3. The lowest BCUT2D eigenvalue weighted by Crippen LogP contribution is -2.14. The van der Waals surface area contributed by atoms with E-state index in [0.29, 0.717) is 38.6 Å². The van der Waals surface area contributed by atoms with Crippen LogP contribution >= 0.6 is 0 Å². The lowest BCUT2D eigenvalue weighted by molar-refractivity contribution is -0.140. The van der Waals surface area contributed by atoms with Gasteiger partial charge in [-0.1, -0.05) is 55.1 Å². The van der Waals surface area contributed by atoms with Crippen molar-refractivity contribution in [1.82, 2.24) is 0 Å². The summed E-state index contributed by atoms with van der Waals surface area (Å²) in [4.78, 5) is 11.2. The van der Waals surface area contributed by atoms with E-state index in [2.05, 4.69) is 6.58 Å². The third-order valence-electron chi connectivity index (χ3n) is 4.69. The minimum atomic E-state index is -0.407. The van der Waals surface area contributed by atoms with Crippen LogP contribution in [-0.4, -0.2) is 52.7 Å². The molecule has 6 heteroatoms. The number of benzene rings is 3. The normalized spacial score (nSPS) is 10.9. The van der Waals surface area contributed by atoms with Gasteiger partial charge in [0.05, 0.1) is 33.5 Å². The smallest absolute Gasteiger partial charge is 0.333 e. The predicted octanol–water partition coefficient (Wildman–Crippen LogP) is 4.53. The van der Waals surface area contributed by atoms with E-state index < -0.39 is 5.97 Å². The summed E-state index contributed by atoms with van der Waals surface area (Å²) in [5.74, 6) is 1.27. The zero-order valence-corrected chi connectivity index (χ0v) is 18.0. The second-order valence-electron chi connectivity index (χ2n) is 6.94. The van der Waals surface area contributed by atoms with Gasteiger partial charge >= 0.3 is 5.97 Å². The molecule has 0 bridgehead atoms. The summed E-state index contributed by atoms with van der Waals surface area (Å²) in [7, 11) is 1.69. The Labute approximate surface area is 182 Å².